The van der Waals surface area contributed by atoms with Gasteiger partial charge in [0.05, 0.1) is 15.3 Å². The summed E-state index contributed by atoms with van der Waals surface area (Å²) in [4.78, 5) is 13.8. The van der Waals surface area contributed by atoms with Crippen LogP contribution < -0.4 is 15.8 Å². The van der Waals surface area contributed by atoms with Gasteiger partial charge in [0.15, 0.2) is 9.84 Å². The lowest BCUT2D eigenvalue weighted by Gasteiger charge is -2.28. The number of hydrogen-bond donors (Lipinski definition) is 3. The maximum atomic E-state index is 14.0. The van der Waals surface area contributed by atoms with E-state index in [-0.39, 0.29) is 27.1 Å². The van der Waals surface area contributed by atoms with Gasteiger partial charge in [0, 0.05) is 25.2 Å². The van der Waals surface area contributed by atoms with E-state index in [1.807, 2.05) is 45.0 Å². The Balaban J connectivity index is 1.92. The largest absolute Gasteiger partial charge is 0.458 e. The van der Waals surface area contributed by atoms with Gasteiger partial charge in [-0.3, -0.25) is 4.79 Å². The van der Waals surface area contributed by atoms with Crippen molar-refractivity contribution in [2.45, 2.75) is 93.5 Å². The van der Waals surface area contributed by atoms with Crippen molar-refractivity contribution in [3.8, 4) is 0 Å². The standard InChI is InChI=1S/C33H44ClF2N3O6S3/c1-4-8-27(9-5-2)47(41,42)21-29(39-48(43,44)32-13-12-31(34)46-32)33(40)45-30(20-38-19-23-11-7-10-22(6-3)14-23)28(37)17-24-15-25(35)18-26(36)16-24/h7,10-16,18,27-30,38-39H,4-6,8-9,17,19-21,37H2,1-3H3/t28-,29-,30+/m0/s1. The van der Waals surface area contributed by atoms with Gasteiger partial charge >= 0.3 is 5.97 Å². The maximum Gasteiger partial charge on any atom is 0.325 e. The summed E-state index contributed by atoms with van der Waals surface area (Å²) in [5.74, 6) is -3.61. The van der Waals surface area contributed by atoms with Crippen LogP contribution in [-0.2, 0) is 48.8 Å². The average molecular weight is 748 g/mol. The molecular weight excluding hydrogens is 704 g/mol. The fourth-order valence-electron chi connectivity index (χ4n) is 5.32. The van der Waals surface area contributed by atoms with Gasteiger partial charge in [-0.1, -0.05) is 69.5 Å². The number of hydrogen-bond acceptors (Lipinski definition) is 9. The number of rotatable bonds is 20. The monoisotopic (exact) mass is 747 g/mol. The Morgan fingerprint density at radius 1 is 0.938 bits per heavy atom. The highest BCUT2D eigenvalue weighted by atomic mass is 35.5. The second-order valence-corrected chi connectivity index (χ2v) is 17.7. The highest BCUT2D eigenvalue weighted by Crippen LogP contribution is 2.26. The molecule has 9 nitrogen and oxygen atoms in total. The Hall–Kier alpha value is -2.46. The van der Waals surface area contributed by atoms with Crippen LogP contribution in [0.25, 0.3) is 0 Å². The molecule has 3 aromatic rings. The molecular formula is C33H44ClF2N3O6S3. The zero-order valence-electron chi connectivity index (χ0n) is 27.3. The SMILES string of the molecule is CCCC(CCC)S(=O)(=O)C[C@H](NS(=O)(=O)c1ccc(Cl)s1)C(=O)O[C@H](CNCc1cccc(CC)c1)[C@@H](N)Cc1cc(F)cc(F)c1. The van der Waals surface area contributed by atoms with E-state index in [0.29, 0.717) is 32.2 Å². The number of ether oxygens (including phenoxy) is 1. The first kappa shape index (κ1) is 40.0. The van der Waals surface area contributed by atoms with Crippen LogP contribution in [0.15, 0.2) is 58.8 Å². The molecule has 0 radical (unpaired) electrons. The van der Waals surface area contributed by atoms with Gasteiger partial charge in [0.1, 0.15) is 28.0 Å². The van der Waals surface area contributed by atoms with Crippen molar-refractivity contribution < 1.29 is 35.1 Å². The van der Waals surface area contributed by atoms with Crippen LogP contribution in [-0.4, -0.2) is 58.5 Å². The second kappa shape index (κ2) is 18.5. The maximum absolute atomic E-state index is 14.0. The molecule has 0 spiro atoms. The summed E-state index contributed by atoms with van der Waals surface area (Å²) in [7, 11) is -8.39. The van der Waals surface area contributed by atoms with Crippen LogP contribution in [0.4, 0.5) is 8.78 Å². The van der Waals surface area contributed by atoms with Crippen molar-refractivity contribution in [2.75, 3.05) is 12.3 Å². The molecule has 0 aliphatic heterocycles. The highest BCUT2D eigenvalue weighted by molar-refractivity contribution is 7.92. The number of benzene rings is 2. The van der Waals surface area contributed by atoms with E-state index in [1.165, 1.54) is 12.1 Å². The lowest BCUT2D eigenvalue weighted by molar-refractivity contribution is -0.151. The summed E-state index contributed by atoms with van der Waals surface area (Å²) in [6.45, 7) is 6.05. The van der Waals surface area contributed by atoms with E-state index in [0.717, 1.165) is 47.1 Å². The van der Waals surface area contributed by atoms with Crippen LogP contribution >= 0.6 is 22.9 Å². The third-order valence-corrected chi connectivity index (χ3v) is 13.2. The third kappa shape index (κ3) is 12.1. The summed E-state index contributed by atoms with van der Waals surface area (Å²) >= 11 is 6.70. The quantitative estimate of drug-likeness (QED) is 0.128. The number of sulfone groups is 1. The number of nitrogens with one attached hydrogen (secondary N) is 2. The van der Waals surface area contributed by atoms with E-state index in [9.17, 15) is 30.4 Å². The first-order chi connectivity index (χ1) is 22.7. The Kier molecular flexibility index (Phi) is 15.4. The summed E-state index contributed by atoms with van der Waals surface area (Å²) in [6.07, 6.45) is 1.41. The Labute approximate surface area is 291 Å². The van der Waals surface area contributed by atoms with Crippen LogP contribution in [0.1, 0.15) is 63.1 Å². The first-order valence-electron chi connectivity index (χ1n) is 15.9. The molecule has 48 heavy (non-hydrogen) atoms. The molecule has 2 aromatic carbocycles. The van der Waals surface area contributed by atoms with Crippen molar-refractivity contribution in [3.63, 3.8) is 0 Å². The molecule has 0 saturated heterocycles. The third-order valence-electron chi connectivity index (χ3n) is 7.74. The molecule has 0 saturated carbocycles. The summed E-state index contributed by atoms with van der Waals surface area (Å²) < 4.78 is 89.7. The molecule has 0 aliphatic rings. The molecule has 4 N–H and O–H groups in total. The van der Waals surface area contributed by atoms with Gasteiger partial charge in [-0.25, -0.2) is 25.6 Å². The lowest BCUT2D eigenvalue weighted by atomic mass is 10.0. The Bertz CT molecular complexity index is 1700. The van der Waals surface area contributed by atoms with Crippen LogP contribution in [0.2, 0.25) is 4.34 Å². The zero-order valence-corrected chi connectivity index (χ0v) is 30.5. The van der Waals surface area contributed by atoms with Crippen molar-refractivity contribution >= 4 is 48.8 Å². The predicted octanol–water partition coefficient (Wildman–Crippen LogP) is 5.54. The zero-order chi connectivity index (χ0) is 35.5. The van der Waals surface area contributed by atoms with E-state index < -0.39 is 66.7 Å². The molecule has 15 heteroatoms. The number of aryl methyl sites for hydroxylation is 1. The highest BCUT2D eigenvalue weighted by Gasteiger charge is 2.37. The fraction of sp³-hybridized carbons (Fsp3) is 0.485. The van der Waals surface area contributed by atoms with Crippen molar-refractivity contribution in [3.05, 3.63) is 87.3 Å². The van der Waals surface area contributed by atoms with Crippen molar-refractivity contribution in [2.24, 2.45) is 5.73 Å². The summed E-state index contributed by atoms with van der Waals surface area (Å²) in [5.41, 5.74) is 8.75. The summed E-state index contributed by atoms with van der Waals surface area (Å²) in [6, 6.07) is 10.6. The van der Waals surface area contributed by atoms with E-state index in [2.05, 4.69) is 10.0 Å². The Morgan fingerprint density at radius 3 is 2.17 bits per heavy atom. The van der Waals surface area contributed by atoms with E-state index >= 15 is 0 Å². The molecule has 0 aliphatic carbocycles. The number of esters is 1. The molecule has 1 aromatic heterocycles. The predicted molar refractivity (Wildman–Crippen MR) is 186 cm³/mol. The van der Waals surface area contributed by atoms with Gasteiger partial charge in [0.25, 0.3) is 10.0 Å². The van der Waals surface area contributed by atoms with Crippen LogP contribution in [0, 0.1) is 11.6 Å². The van der Waals surface area contributed by atoms with Gasteiger partial charge in [-0.05, 0) is 66.6 Å². The lowest BCUT2D eigenvalue weighted by Crippen LogP contribution is -2.52. The van der Waals surface area contributed by atoms with Gasteiger partial charge in [-0.2, -0.15) is 4.72 Å². The molecule has 1 heterocycles. The fourth-order valence-corrected chi connectivity index (χ4v) is 10.3. The van der Waals surface area contributed by atoms with Crippen LogP contribution in [0.3, 0.4) is 0 Å². The molecule has 0 fully saturated rings. The smallest absolute Gasteiger partial charge is 0.325 e. The minimum atomic E-state index is -4.39. The van der Waals surface area contributed by atoms with Crippen molar-refractivity contribution in [1.82, 2.24) is 10.0 Å². The minimum Gasteiger partial charge on any atom is -0.458 e. The summed E-state index contributed by atoms with van der Waals surface area (Å²) in [5, 5.41) is 2.40. The van der Waals surface area contributed by atoms with Gasteiger partial charge in [0.2, 0.25) is 0 Å². The average Bonchev–Trinajstić information content (AvgIpc) is 3.46. The molecule has 3 rings (SSSR count). The first-order valence-corrected chi connectivity index (χ1v) is 20.2. The number of thiophene rings is 1. The van der Waals surface area contributed by atoms with Crippen LogP contribution in [0.5, 0.6) is 0 Å². The van der Waals surface area contributed by atoms with E-state index in [1.54, 1.807) is 0 Å². The number of halogens is 3. The molecule has 0 unspecified atom stereocenters. The normalized spacial score (nSPS) is 14.2. The second-order valence-electron chi connectivity index (χ2n) is 11.7. The molecule has 266 valence electrons. The number of nitrogens with two attached hydrogens (primary N) is 1. The topological polar surface area (TPSA) is 145 Å². The number of carbonyl (C=O) groups is 1. The Morgan fingerprint density at radius 2 is 1.58 bits per heavy atom. The molecule has 3 atom stereocenters. The van der Waals surface area contributed by atoms with Gasteiger partial charge in [-0.15, -0.1) is 11.3 Å². The van der Waals surface area contributed by atoms with Crippen molar-refractivity contribution in [1.29, 1.82) is 0 Å². The molecule has 0 bridgehead atoms. The molecule has 0 amide bonds. The minimum absolute atomic E-state index is 0.0257. The number of carbonyl (C=O) groups excluding carboxylic acids is 1. The van der Waals surface area contributed by atoms with E-state index in [4.69, 9.17) is 22.1 Å². The van der Waals surface area contributed by atoms with Gasteiger partial charge < -0.3 is 15.8 Å². The number of sulfonamides is 1.